The molecule has 0 aliphatic rings. The van der Waals surface area contributed by atoms with E-state index in [0.29, 0.717) is 10.9 Å². The van der Waals surface area contributed by atoms with E-state index >= 15 is 0 Å². The number of sulfonamides is 1. The molecule has 0 aliphatic heterocycles. The molecule has 4 heterocycles. The number of aryl methyl sites for hydroxylation is 1. The predicted octanol–water partition coefficient (Wildman–Crippen LogP) is 1.50. The van der Waals surface area contributed by atoms with Gasteiger partial charge in [0, 0.05) is 24.8 Å². The van der Waals surface area contributed by atoms with Gasteiger partial charge in [-0.3, -0.25) is 9.40 Å². The first kappa shape index (κ1) is 17.9. The molecular weight excluding hydrogens is 389 g/mol. The fourth-order valence-electron chi connectivity index (χ4n) is 2.68. The fraction of sp³-hybridized carbons (Fsp3) is 0.125. The van der Waals surface area contributed by atoms with Crippen molar-refractivity contribution in [3.05, 3.63) is 48.9 Å². The van der Waals surface area contributed by atoms with Gasteiger partial charge in [0.05, 0.1) is 31.2 Å². The van der Waals surface area contributed by atoms with Gasteiger partial charge in [-0.05, 0) is 12.1 Å². The zero-order valence-electron chi connectivity index (χ0n) is 14.7. The van der Waals surface area contributed by atoms with Gasteiger partial charge in [-0.15, -0.1) is 0 Å². The molecule has 4 aromatic rings. The Hall–Kier alpha value is -3.54. The number of methoxy groups -OCH3 is 1. The summed E-state index contributed by atoms with van der Waals surface area (Å²) < 4.78 is 49.2. The Morgan fingerprint density at radius 3 is 2.57 bits per heavy atom. The average Bonchev–Trinajstić information content (AvgIpc) is 3.28. The van der Waals surface area contributed by atoms with Crippen molar-refractivity contribution in [1.82, 2.24) is 29.5 Å². The van der Waals surface area contributed by atoms with E-state index in [1.807, 2.05) is 0 Å². The first-order chi connectivity index (χ1) is 13.4. The van der Waals surface area contributed by atoms with Crippen LogP contribution in [0, 0.1) is 5.82 Å². The summed E-state index contributed by atoms with van der Waals surface area (Å²) in [6.07, 6.45) is 6.42. The highest BCUT2D eigenvalue weighted by Crippen LogP contribution is 2.32. The number of pyridine rings is 2. The molecule has 10 nitrogen and oxygen atoms in total. The zero-order valence-corrected chi connectivity index (χ0v) is 15.6. The highest BCUT2D eigenvalue weighted by molar-refractivity contribution is 7.92. The molecule has 0 aromatic carbocycles. The molecule has 0 saturated heterocycles. The smallest absolute Gasteiger partial charge is 0.263 e. The van der Waals surface area contributed by atoms with Crippen molar-refractivity contribution in [1.29, 1.82) is 0 Å². The second-order valence-electron chi connectivity index (χ2n) is 5.78. The summed E-state index contributed by atoms with van der Waals surface area (Å²) in [5, 5.41) is 8.55. The SMILES string of the molecule is COc1ncc2cnn(C)c2c1NS(=O)(=O)c1ccc(-n2cc(F)cn2)nc1. The third-order valence-electron chi connectivity index (χ3n) is 3.99. The Bertz CT molecular complexity index is 1270. The molecular formula is C16H14FN7O3S. The molecule has 12 heteroatoms. The van der Waals surface area contributed by atoms with Crippen molar-refractivity contribution >= 4 is 26.6 Å². The average molecular weight is 403 g/mol. The Labute approximate surface area is 158 Å². The normalized spacial score (nSPS) is 11.7. The van der Waals surface area contributed by atoms with E-state index in [9.17, 15) is 12.8 Å². The summed E-state index contributed by atoms with van der Waals surface area (Å²) in [5.74, 6) is -0.142. The van der Waals surface area contributed by atoms with Crippen LogP contribution in [-0.4, -0.2) is 45.1 Å². The molecule has 28 heavy (non-hydrogen) atoms. The quantitative estimate of drug-likeness (QED) is 0.537. The molecule has 0 bridgehead atoms. The Balaban J connectivity index is 1.72. The monoisotopic (exact) mass is 403 g/mol. The first-order valence-corrected chi connectivity index (χ1v) is 9.41. The summed E-state index contributed by atoms with van der Waals surface area (Å²) in [7, 11) is -0.933. The van der Waals surface area contributed by atoms with E-state index in [2.05, 4.69) is 24.9 Å². The minimum absolute atomic E-state index is 0.0925. The van der Waals surface area contributed by atoms with Gasteiger partial charge in [0.2, 0.25) is 5.88 Å². The van der Waals surface area contributed by atoms with Crippen molar-refractivity contribution in [2.45, 2.75) is 4.90 Å². The van der Waals surface area contributed by atoms with Crippen LogP contribution in [0.25, 0.3) is 16.7 Å². The molecule has 0 aliphatic carbocycles. The molecule has 0 amide bonds. The Kier molecular flexibility index (Phi) is 4.19. The molecule has 144 valence electrons. The van der Waals surface area contributed by atoms with Crippen LogP contribution in [0.2, 0.25) is 0 Å². The molecule has 4 aromatic heterocycles. The second kappa shape index (κ2) is 6.56. The highest BCUT2D eigenvalue weighted by atomic mass is 32.2. The first-order valence-electron chi connectivity index (χ1n) is 7.93. The van der Waals surface area contributed by atoms with Crippen LogP contribution < -0.4 is 9.46 Å². The standard InChI is InChI=1S/C16H14FN7O3S/c1-23-15-10(6-20-23)5-19-16(27-2)14(15)22-28(25,26)12-3-4-13(18-8-12)24-9-11(17)7-21-24/h3-9,22H,1-2H3. The molecule has 1 N–H and O–H groups in total. The Morgan fingerprint density at radius 2 is 1.93 bits per heavy atom. The second-order valence-corrected chi connectivity index (χ2v) is 7.46. The lowest BCUT2D eigenvalue weighted by molar-refractivity contribution is 0.400. The number of hydrogen-bond acceptors (Lipinski definition) is 7. The van der Waals surface area contributed by atoms with Gasteiger partial charge >= 0.3 is 0 Å². The van der Waals surface area contributed by atoms with Crippen LogP contribution in [-0.2, 0) is 17.1 Å². The summed E-state index contributed by atoms with van der Waals surface area (Å²) in [4.78, 5) is 8.05. The third kappa shape index (κ3) is 3.03. The van der Waals surface area contributed by atoms with Gasteiger partial charge < -0.3 is 4.74 Å². The maximum atomic E-state index is 13.1. The summed E-state index contributed by atoms with van der Waals surface area (Å²) >= 11 is 0. The van der Waals surface area contributed by atoms with Crippen molar-refractivity contribution in [2.75, 3.05) is 11.8 Å². The van der Waals surface area contributed by atoms with E-state index < -0.39 is 15.8 Å². The van der Waals surface area contributed by atoms with Crippen LogP contribution in [0.1, 0.15) is 0 Å². The van der Waals surface area contributed by atoms with Crippen LogP contribution in [0.15, 0.2) is 48.0 Å². The lowest BCUT2D eigenvalue weighted by Gasteiger charge is -2.13. The maximum absolute atomic E-state index is 13.1. The van der Waals surface area contributed by atoms with Crippen LogP contribution in [0.4, 0.5) is 10.1 Å². The maximum Gasteiger partial charge on any atom is 0.263 e. The molecule has 0 atom stereocenters. The number of hydrogen-bond donors (Lipinski definition) is 1. The van der Waals surface area contributed by atoms with Crippen LogP contribution >= 0.6 is 0 Å². The van der Waals surface area contributed by atoms with Gasteiger partial charge in [0.25, 0.3) is 10.0 Å². The van der Waals surface area contributed by atoms with Crippen LogP contribution in [0.3, 0.4) is 0 Å². The molecule has 0 radical (unpaired) electrons. The van der Waals surface area contributed by atoms with Gasteiger partial charge in [-0.25, -0.2) is 27.5 Å². The number of nitrogens with zero attached hydrogens (tertiary/aromatic N) is 6. The number of rotatable bonds is 5. The largest absolute Gasteiger partial charge is 0.479 e. The number of ether oxygens (including phenoxy) is 1. The number of fused-ring (bicyclic) bond motifs is 1. The van der Waals surface area contributed by atoms with E-state index in [1.165, 1.54) is 28.6 Å². The Morgan fingerprint density at radius 1 is 1.11 bits per heavy atom. The lowest BCUT2D eigenvalue weighted by atomic mass is 10.3. The molecule has 0 spiro atoms. The molecule has 4 rings (SSSR count). The molecule has 0 saturated carbocycles. The number of aromatic nitrogens is 6. The molecule has 0 unspecified atom stereocenters. The number of nitrogens with one attached hydrogen (secondary N) is 1. The van der Waals surface area contributed by atoms with Crippen LogP contribution in [0.5, 0.6) is 5.88 Å². The summed E-state index contributed by atoms with van der Waals surface area (Å²) in [6.45, 7) is 0. The van der Waals surface area contributed by atoms with Gasteiger partial charge in [0.15, 0.2) is 11.6 Å². The van der Waals surface area contributed by atoms with Crippen molar-refractivity contribution in [3.8, 4) is 11.7 Å². The zero-order chi connectivity index (χ0) is 19.9. The molecule has 0 fully saturated rings. The third-order valence-corrected chi connectivity index (χ3v) is 5.32. The van der Waals surface area contributed by atoms with Crippen molar-refractivity contribution in [2.24, 2.45) is 7.05 Å². The minimum Gasteiger partial charge on any atom is -0.479 e. The van der Waals surface area contributed by atoms with E-state index in [4.69, 9.17) is 4.74 Å². The highest BCUT2D eigenvalue weighted by Gasteiger charge is 2.22. The van der Waals surface area contributed by atoms with Gasteiger partial charge in [0.1, 0.15) is 10.6 Å². The van der Waals surface area contributed by atoms with E-state index in [-0.39, 0.29) is 22.3 Å². The fourth-order valence-corrected chi connectivity index (χ4v) is 3.69. The predicted molar refractivity (Wildman–Crippen MR) is 97.2 cm³/mol. The minimum atomic E-state index is -4.00. The topological polar surface area (TPSA) is 117 Å². The van der Waals surface area contributed by atoms with Crippen molar-refractivity contribution < 1.29 is 17.5 Å². The number of halogens is 1. The van der Waals surface area contributed by atoms with E-state index in [1.54, 1.807) is 19.4 Å². The summed E-state index contributed by atoms with van der Waals surface area (Å²) in [6, 6.07) is 2.76. The lowest BCUT2D eigenvalue weighted by Crippen LogP contribution is -2.15. The van der Waals surface area contributed by atoms with Gasteiger partial charge in [-0.1, -0.05) is 0 Å². The van der Waals surface area contributed by atoms with Gasteiger partial charge in [-0.2, -0.15) is 10.2 Å². The summed E-state index contributed by atoms with van der Waals surface area (Å²) in [5.41, 5.74) is 0.685. The van der Waals surface area contributed by atoms with Crippen molar-refractivity contribution in [3.63, 3.8) is 0 Å². The number of anilines is 1. The van der Waals surface area contributed by atoms with E-state index in [0.717, 1.165) is 18.6 Å².